The van der Waals surface area contributed by atoms with Gasteiger partial charge in [-0.1, -0.05) is 83.5 Å². The van der Waals surface area contributed by atoms with Crippen molar-refractivity contribution in [1.29, 1.82) is 0 Å². The molecule has 0 radical (unpaired) electrons. The fraction of sp³-hybridized carbons (Fsp3) is 0.510. The number of amides is 8. The van der Waals surface area contributed by atoms with E-state index in [2.05, 4.69) is 43.5 Å². The number of carbonyl (C=O) groups is 10. The van der Waals surface area contributed by atoms with Crippen molar-refractivity contribution in [3.05, 3.63) is 64.1 Å². The fourth-order valence-electron chi connectivity index (χ4n) is 7.65. The molecule has 2 aromatic rings. The van der Waals surface area contributed by atoms with Gasteiger partial charge in [0.05, 0.1) is 12.0 Å². The van der Waals surface area contributed by atoms with Gasteiger partial charge < -0.3 is 51.5 Å². The number of nitrogens with one attached hydrogen (secondary N) is 6. The van der Waals surface area contributed by atoms with Crippen LogP contribution in [0.4, 0.5) is 0 Å². The second kappa shape index (κ2) is 29.1. The molecule has 0 bridgehead atoms. The van der Waals surface area contributed by atoms with Gasteiger partial charge in [-0.05, 0) is 62.9 Å². The number of terminal acetylenes is 2. The highest BCUT2D eigenvalue weighted by Crippen LogP contribution is 2.31. The van der Waals surface area contributed by atoms with Gasteiger partial charge in [0, 0.05) is 38.9 Å². The maximum absolute atomic E-state index is 14.6. The summed E-state index contributed by atoms with van der Waals surface area (Å²) in [4.78, 5) is 137. The molecule has 0 spiro atoms. The van der Waals surface area contributed by atoms with Gasteiger partial charge in [-0.15, -0.1) is 24.2 Å². The van der Waals surface area contributed by atoms with Crippen molar-refractivity contribution in [1.82, 2.24) is 46.7 Å². The van der Waals surface area contributed by atoms with E-state index in [1.165, 1.54) is 45.1 Å². The number of aromatic nitrogens is 1. The number of ether oxygens (including phenoxy) is 1. The number of nitrogens with zero attached hydrogens (tertiary/aromatic N) is 3. The summed E-state index contributed by atoms with van der Waals surface area (Å²) in [5.41, 5.74) is 1.40. The number of carbonyl (C=O) groups excluding carboxylic acids is 9. The first-order valence-electron chi connectivity index (χ1n) is 23.5. The van der Waals surface area contributed by atoms with Crippen molar-refractivity contribution in [2.75, 3.05) is 14.1 Å². The highest BCUT2D eigenvalue weighted by molar-refractivity contribution is 7.09. The van der Waals surface area contributed by atoms with Gasteiger partial charge in [0.25, 0.3) is 23.6 Å². The van der Waals surface area contributed by atoms with Crippen LogP contribution in [0.2, 0.25) is 0 Å². The number of carboxylic acids is 1. The number of benzene rings is 1. The Bertz CT molecular complexity index is 2400. The van der Waals surface area contributed by atoms with Gasteiger partial charge in [0.1, 0.15) is 34.9 Å². The molecule has 1 unspecified atom stereocenters. The van der Waals surface area contributed by atoms with E-state index in [4.69, 9.17) is 17.6 Å². The highest BCUT2D eigenvalue weighted by atomic mass is 32.1. The highest BCUT2D eigenvalue weighted by Gasteiger charge is 2.39. The Balaban J connectivity index is 2.32. The number of rotatable bonds is 27. The third kappa shape index (κ3) is 18.8. The summed E-state index contributed by atoms with van der Waals surface area (Å²) < 4.78 is 5.74. The lowest BCUT2D eigenvalue weighted by Gasteiger charge is -2.37. The summed E-state index contributed by atoms with van der Waals surface area (Å²) >= 11 is 1.06. The molecule has 1 heterocycles. The molecule has 7 N–H and O–H groups in total. The maximum Gasteiger partial charge on any atom is 0.306 e. The second-order valence-corrected chi connectivity index (χ2v) is 19.1. The van der Waals surface area contributed by atoms with E-state index in [-0.39, 0.29) is 23.5 Å². The number of aliphatic carboxylic acids is 1. The summed E-state index contributed by atoms with van der Waals surface area (Å²) in [6.45, 7) is 18.2. The normalized spacial score (nSPS) is 14.6. The largest absolute Gasteiger partial charge is 0.481 e. The Morgan fingerprint density at radius 1 is 0.767 bits per heavy atom. The van der Waals surface area contributed by atoms with E-state index in [9.17, 15) is 53.1 Å². The number of thiazole rings is 1. The van der Waals surface area contributed by atoms with Crippen molar-refractivity contribution in [2.45, 2.75) is 137 Å². The van der Waals surface area contributed by atoms with Gasteiger partial charge >= 0.3 is 11.9 Å². The van der Waals surface area contributed by atoms with Gasteiger partial charge in [0.2, 0.25) is 23.6 Å². The average molecular weight is 1030 g/mol. The number of likely N-dealkylation sites (N-methyl/N-ethyl adjacent to an activating group) is 2. The topological polar surface area (TPSA) is 292 Å². The zero-order valence-electron chi connectivity index (χ0n) is 43.2. The smallest absolute Gasteiger partial charge is 0.306 e. The third-order valence-corrected chi connectivity index (χ3v) is 12.8. The number of hydrogen-bond acceptors (Lipinski definition) is 13. The molecular formula is C51H69N9O12S. The number of carboxylic acid groups (broad SMARTS) is 1. The van der Waals surface area contributed by atoms with E-state index < -0.39 is 125 Å². The summed E-state index contributed by atoms with van der Waals surface area (Å²) in [5, 5.41) is 26.0. The molecule has 21 nitrogen and oxygen atoms in total. The van der Waals surface area contributed by atoms with E-state index in [1.807, 2.05) is 37.3 Å². The minimum Gasteiger partial charge on any atom is -0.481 e. The molecule has 22 heteroatoms. The number of esters is 1. The second-order valence-electron chi connectivity index (χ2n) is 18.2. The Hall–Kier alpha value is -7.59. The summed E-state index contributed by atoms with van der Waals surface area (Å²) in [6.07, 6.45) is 8.22. The molecule has 0 aliphatic carbocycles. The van der Waals surface area contributed by atoms with E-state index in [0.717, 1.165) is 21.8 Å². The van der Waals surface area contributed by atoms with Crippen molar-refractivity contribution in [3.8, 4) is 24.7 Å². The predicted octanol–water partition coefficient (Wildman–Crippen LogP) is 1.84. The number of hydrogen-bond donors (Lipinski definition) is 7. The monoisotopic (exact) mass is 1030 g/mol. The molecule has 1 aromatic carbocycles. The summed E-state index contributed by atoms with van der Waals surface area (Å²) in [7, 11) is 2.88. The van der Waals surface area contributed by atoms with Gasteiger partial charge in [-0.25, -0.2) is 4.98 Å². The zero-order valence-corrected chi connectivity index (χ0v) is 44.0. The molecule has 0 aliphatic rings. The van der Waals surface area contributed by atoms with Crippen LogP contribution in [-0.2, 0) is 54.3 Å². The predicted molar refractivity (Wildman–Crippen MR) is 271 cm³/mol. The van der Waals surface area contributed by atoms with Gasteiger partial charge in [0.15, 0.2) is 12.3 Å². The molecular weight excluding hydrogens is 963 g/mol. The van der Waals surface area contributed by atoms with Crippen LogP contribution in [-0.4, -0.2) is 136 Å². The lowest BCUT2D eigenvalue weighted by Crippen LogP contribution is -2.61. The molecule has 0 saturated heterocycles. The first-order chi connectivity index (χ1) is 34.2. The van der Waals surface area contributed by atoms with Crippen LogP contribution in [0.15, 0.2) is 47.9 Å². The molecule has 8 amide bonds. The fourth-order valence-corrected chi connectivity index (χ4v) is 8.49. The first kappa shape index (κ1) is 61.5. The average Bonchev–Trinajstić information content (AvgIpc) is 3.84. The SMILES string of the molecule is C#CC(=O)NC(NC(=O)C#C)C(=O)N[C@@H](C)C(=O)N[C@@H](C)C(=O)N(C)[C@H](C(=O)N[C@H](C(=O)N(C)[C@H](C[C@@H](OC(C)=O)c1nc(C(=O)N[C@@H](Cc2ccccc2)CC(C)C(=O)O)cs1)C(=C)C)[C@@H](C)CC)C(C)C. The Morgan fingerprint density at radius 3 is 1.85 bits per heavy atom. The van der Waals surface area contributed by atoms with Crippen LogP contribution in [0.3, 0.4) is 0 Å². The Morgan fingerprint density at radius 2 is 1.34 bits per heavy atom. The standard InChI is InChI=1S/C51H69N9O12S/c1-15-29(8)41(58-46(66)42(28(6)7)60(14)49(68)32(11)53-44(64)31(10)52-47(67)43(56-39(62)16-2)57-40(63)17-3)50(69)59(13)37(27(4)5)25-38(72-33(12)61)48-55-36(26-73-48)45(65)54-35(23-30(9)51(70)71)24-34-21-19-18-20-22-34/h2-3,18-22,26,28-32,35,37-38,41-43H,4,15,23-25H2,1,5-14H3,(H,52,67)(H,53,64)(H,54,65)(H,56,62)(H,57,63)(H,58,66)(H,70,71)/t29-,30?,31-,32-,35+,37+,38+,41-,42-/m0/s1. The summed E-state index contributed by atoms with van der Waals surface area (Å²) in [5.74, 6) is -6.41. The minimum atomic E-state index is -1.73. The lowest BCUT2D eigenvalue weighted by molar-refractivity contribution is -0.148. The van der Waals surface area contributed by atoms with Crippen LogP contribution < -0.4 is 31.9 Å². The van der Waals surface area contributed by atoms with Crippen molar-refractivity contribution >= 4 is 70.5 Å². The Kier molecular flexibility index (Phi) is 24.5. The molecule has 0 aliphatic heterocycles. The molecule has 9 atom stereocenters. The van der Waals surface area contributed by atoms with Crippen LogP contribution in [0.25, 0.3) is 0 Å². The maximum atomic E-state index is 14.6. The summed E-state index contributed by atoms with van der Waals surface area (Å²) in [6, 6.07) is 3.07. The van der Waals surface area contributed by atoms with Gasteiger partial charge in [-0.3, -0.25) is 47.9 Å². The first-order valence-corrected chi connectivity index (χ1v) is 24.4. The quantitative estimate of drug-likeness (QED) is 0.0292. The van der Waals surface area contributed by atoms with Crippen LogP contribution in [0, 0.1) is 42.4 Å². The van der Waals surface area contributed by atoms with Crippen molar-refractivity contribution in [2.24, 2.45) is 17.8 Å². The minimum absolute atomic E-state index is 0.0141. The zero-order chi connectivity index (χ0) is 55.4. The molecule has 1 aromatic heterocycles. The van der Waals surface area contributed by atoms with Gasteiger partial charge in [-0.2, -0.15) is 0 Å². The van der Waals surface area contributed by atoms with E-state index in [1.54, 1.807) is 46.5 Å². The molecule has 396 valence electrons. The van der Waals surface area contributed by atoms with Crippen LogP contribution in [0.5, 0.6) is 0 Å². The molecule has 73 heavy (non-hydrogen) atoms. The Labute approximate surface area is 430 Å². The molecule has 0 saturated carbocycles. The van der Waals surface area contributed by atoms with Crippen LogP contribution >= 0.6 is 11.3 Å². The molecule has 2 rings (SSSR count). The molecule has 0 fully saturated rings. The van der Waals surface area contributed by atoms with Crippen molar-refractivity contribution < 1.29 is 57.8 Å². The van der Waals surface area contributed by atoms with E-state index in [0.29, 0.717) is 18.4 Å². The van der Waals surface area contributed by atoms with Crippen molar-refractivity contribution in [3.63, 3.8) is 0 Å². The van der Waals surface area contributed by atoms with E-state index >= 15 is 0 Å². The third-order valence-electron chi connectivity index (χ3n) is 11.9. The lowest BCUT2D eigenvalue weighted by atomic mass is 9.94. The van der Waals surface area contributed by atoms with Crippen LogP contribution in [0.1, 0.15) is 109 Å².